The average molecular weight is 250 g/mol. The van der Waals surface area contributed by atoms with Gasteiger partial charge in [-0.2, -0.15) is 0 Å². The summed E-state index contributed by atoms with van der Waals surface area (Å²) in [6.07, 6.45) is 8.64. The van der Waals surface area contributed by atoms with Crippen LogP contribution < -0.4 is 0 Å². The predicted molar refractivity (Wildman–Crippen MR) is 76.8 cm³/mol. The van der Waals surface area contributed by atoms with Crippen molar-refractivity contribution in [3.05, 3.63) is 0 Å². The Kier molecular flexibility index (Phi) is 3.44. The lowest BCUT2D eigenvalue weighted by molar-refractivity contribution is -0.0376. The molecule has 1 saturated carbocycles. The smallest absolute Gasteiger partial charge is 0.0252 e. The Morgan fingerprint density at radius 2 is 1.78 bits per heavy atom. The van der Waals surface area contributed by atoms with Crippen LogP contribution in [-0.4, -0.2) is 47.1 Å². The van der Waals surface area contributed by atoms with Crippen LogP contribution in [0.5, 0.6) is 0 Å². The highest BCUT2D eigenvalue weighted by atomic mass is 15.3. The summed E-state index contributed by atoms with van der Waals surface area (Å²) >= 11 is 0. The maximum absolute atomic E-state index is 2.93. The quantitative estimate of drug-likeness (QED) is 0.743. The van der Waals surface area contributed by atoms with Gasteiger partial charge in [-0.25, -0.2) is 0 Å². The van der Waals surface area contributed by atoms with Gasteiger partial charge in [0.05, 0.1) is 0 Å². The molecule has 2 saturated heterocycles. The topological polar surface area (TPSA) is 6.48 Å². The summed E-state index contributed by atoms with van der Waals surface area (Å²) < 4.78 is 0. The number of hydrogen-bond donors (Lipinski definition) is 0. The van der Waals surface area contributed by atoms with Gasteiger partial charge in [0, 0.05) is 30.7 Å². The fraction of sp³-hybridized carbons (Fsp3) is 1.00. The van der Waals surface area contributed by atoms with E-state index < -0.39 is 0 Å². The highest BCUT2D eigenvalue weighted by Crippen LogP contribution is 2.40. The van der Waals surface area contributed by atoms with E-state index in [1.54, 1.807) is 0 Å². The molecule has 0 aromatic carbocycles. The summed E-state index contributed by atoms with van der Waals surface area (Å²) in [6.45, 7) is 11.4. The Bertz CT molecular complexity index is 293. The first-order valence-corrected chi connectivity index (χ1v) is 8.11. The molecule has 0 aromatic rings. The van der Waals surface area contributed by atoms with Crippen LogP contribution in [0.1, 0.15) is 59.3 Å². The van der Waals surface area contributed by atoms with E-state index in [9.17, 15) is 0 Å². The van der Waals surface area contributed by atoms with Gasteiger partial charge in [-0.1, -0.05) is 26.7 Å². The molecule has 3 fully saturated rings. The van der Waals surface area contributed by atoms with E-state index in [0.717, 1.165) is 18.0 Å². The molecule has 0 amide bonds. The van der Waals surface area contributed by atoms with Gasteiger partial charge in [-0.05, 0) is 45.1 Å². The first-order valence-electron chi connectivity index (χ1n) is 8.11. The van der Waals surface area contributed by atoms with Crippen molar-refractivity contribution >= 4 is 0 Å². The van der Waals surface area contributed by atoms with Crippen molar-refractivity contribution in [1.82, 2.24) is 9.80 Å². The van der Waals surface area contributed by atoms with E-state index in [4.69, 9.17) is 0 Å². The van der Waals surface area contributed by atoms with Crippen LogP contribution in [0.15, 0.2) is 0 Å². The third kappa shape index (κ3) is 2.12. The molecule has 2 atom stereocenters. The van der Waals surface area contributed by atoms with Gasteiger partial charge >= 0.3 is 0 Å². The van der Waals surface area contributed by atoms with Gasteiger partial charge in [0.1, 0.15) is 0 Å². The summed E-state index contributed by atoms with van der Waals surface area (Å²) in [5, 5.41) is 0. The summed E-state index contributed by atoms with van der Waals surface area (Å²) in [7, 11) is 0. The molecule has 3 aliphatic rings. The predicted octanol–water partition coefficient (Wildman–Crippen LogP) is 3.12. The van der Waals surface area contributed by atoms with E-state index >= 15 is 0 Å². The normalized spacial score (nSPS) is 37.3. The molecule has 0 bridgehead atoms. The molecule has 0 N–H and O–H groups in total. The van der Waals surface area contributed by atoms with Crippen molar-refractivity contribution < 1.29 is 0 Å². The summed E-state index contributed by atoms with van der Waals surface area (Å²) in [5.74, 6) is 0.795. The van der Waals surface area contributed by atoms with E-state index in [1.165, 1.54) is 58.2 Å². The zero-order chi connectivity index (χ0) is 12.8. The van der Waals surface area contributed by atoms with E-state index in [0.29, 0.717) is 5.54 Å². The zero-order valence-corrected chi connectivity index (χ0v) is 12.5. The Morgan fingerprint density at radius 1 is 1.06 bits per heavy atom. The maximum atomic E-state index is 2.93. The molecule has 2 heterocycles. The van der Waals surface area contributed by atoms with Gasteiger partial charge in [-0.15, -0.1) is 0 Å². The lowest BCUT2D eigenvalue weighted by atomic mass is 9.88. The van der Waals surface area contributed by atoms with Crippen LogP contribution in [0.25, 0.3) is 0 Å². The summed E-state index contributed by atoms with van der Waals surface area (Å²) in [6, 6.07) is 1.67. The Morgan fingerprint density at radius 3 is 2.44 bits per heavy atom. The second kappa shape index (κ2) is 4.79. The third-order valence-electron chi connectivity index (χ3n) is 5.87. The van der Waals surface area contributed by atoms with E-state index in [-0.39, 0.29) is 0 Å². The lowest BCUT2D eigenvalue weighted by Gasteiger charge is -2.52. The molecule has 2 aliphatic heterocycles. The number of nitrogens with zero attached hydrogens (tertiary/aromatic N) is 2. The van der Waals surface area contributed by atoms with Crippen LogP contribution in [0, 0.1) is 5.92 Å². The lowest BCUT2D eigenvalue weighted by Crippen LogP contribution is -2.63. The number of rotatable bonds is 2. The molecule has 0 spiro atoms. The standard InChI is InChI=1S/C16H30N2/c1-13(2)15-12-17-10-6-7-14(17)11-18(15)16(3)8-4-5-9-16/h13-15H,4-12H2,1-3H3. The van der Waals surface area contributed by atoms with Crippen molar-refractivity contribution in [3.8, 4) is 0 Å². The molecule has 0 aromatic heterocycles. The number of fused-ring (bicyclic) bond motifs is 1. The fourth-order valence-corrected chi connectivity index (χ4v) is 4.66. The first kappa shape index (κ1) is 12.9. The highest BCUT2D eigenvalue weighted by molar-refractivity contribution is 5.01. The molecule has 1 aliphatic carbocycles. The summed E-state index contributed by atoms with van der Waals surface area (Å²) in [4.78, 5) is 5.70. The van der Waals surface area contributed by atoms with E-state index in [1.807, 2.05) is 0 Å². The van der Waals surface area contributed by atoms with Crippen molar-refractivity contribution in [3.63, 3.8) is 0 Å². The third-order valence-corrected chi connectivity index (χ3v) is 5.87. The summed E-state index contributed by atoms with van der Waals surface area (Å²) in [5.41, 5.74) is 0.517. The van der Waals surface area contributed by atoms with Crippen LogP contribution in [0.4, 0.5) is 0 Å². The van der Waals surface area contributed by atoms with E-state index in [2.05, 4.69) is 30.6 Å². The SMILES string of the molecule is CC(C)C1CN2CCCC2CN1C1(C)CCCC1. The van der Waals surface area contributed by atoms with Crippen LogP contribution >= 0.6 is 0 Å². The Hall–Kier alpha value is -0.0800. The minimum atomic E-state index is 0.517. The molecule has 3 rings (SSSR count). The molecule has 2 unspecified atom stereocenters. The molecule has 0 radical (unpaired) electrons. The Balaban J connectivity index is 1.80. The first-order chi connectivity index (χ1) is 8.60. The molecule has 2 nitrogen and oxygen atoms in total. The molecule has 2 heteroatoms. The Labute approximate surface area is 113 Å². The van der Waals surface area contributed by atoms with Gasteiger partial charge in [-0.3, -0.25) is 9.80 Å². The van der Waals surface area contributed by atoms with Gasteiger partial charge in [0.15, 0.2) is 0 Å². The molecular weight excluding hydrogens is 220 g/mol. The maximum Gasteiger partial charge on any atom is 0.0252 e. The van der Waals surface area contributed by atoms with Gasteiger partial charge in [0.2, 0.25) is 0 Å². The second-order valence-corrected chi connectivity index (χ2v) is 7.46. The minimum Gasteiger partial charge on any atom is -0.298 e. The van der Waals surface area contributed by atoms with Crippen molar-refractivity contribution in [2.75, 3.05) is 19.6 Å². The van der Waals surface area contributed by atoms with Gasteiger partial charge < -0.3 is 0 Å². The molecule has 104 valence electrons. The monoisotopic (exact) mass is 250 g/mol. The molecule has 18 heavy (non-hydrogen) atoms. The van der Waals surface area contributed by atoms with Crippen molar-refractivity contribution in [2.45, 2.75) is 76.9 Å². The number of piperazine rings is 1. The second-order valence-electron chi connectivity index (χ2n) is 7.46. The van der Waals surface area contributed by atoms with Crippen molar-refractivity contribution in [2.24, 2.45) is 5.92 Å². The largest absolute Gasteiger partial charge is 0.298 e. The minimum absolute atomic E-state index is 0.517. The fourth-order valence-electron chi connectivity index (χ4n) is 4.66. The van der Waals surface area contributed by atoms with Crippen LogP contribution in [0.2, 0.25) is 0 Å². The average Bonchev–Trinajstić information content (AvgIpc) is 2.95. The van der Waals surface area contributed by atoms with Crippen LogP contribution in [0.3, 0.4) is 0 Å². The zero-order valence-electron chi connectivity index (χ0n) is 12.5. The highest BCUT2D eigenvalue weighted by Gasteiger charge is 2.45. The van der Waals surface area contributed by atoms with Crippen molar-refractivity contribution in [1.29, 1.82) is 0 Å². The van der Waals surface area contributed by atoms with Crippen LogP contribution in [-0.2, 0) is 0 Å². The molecular formula is C16H30N2. The number of hydrogen-bond acceptors (Lipinski definition) is 2. The van der Waals surface area contributed by atoms with Gasteiger partial charge in [0.25, 0.3) is 0 Å².